The number of nitrogens with zero attached hydrogens (tertiary/aromatic N) is 4. The first kappa shape index (κ1) is 20.7. The van der Waals surface area contributed by atoms with Gasteiger partial charge >= 0.3 is 0 Å². The van der Waals surface area contributed by atoms with Crippen molar-refractivity contribution >= 4 is 21.6 Å². The molecule has 0 saturated carbocycles. The summed E-state index contributed by atoms with van der Waals surface area (Å²) in [7, 11) is -1.48. The normalized spacial score (nSPS) is 19.5. The van der Waals surface area contributed by atoms with Gasteiger partial charge in [-0.1, -0.05) is 0 Å². The number of carbonyl (C=O) groups excluding carboxylic acids is 1. The lowest BCUT2D eigenvalue weighted by Gasteiger charge is -2.17. The fourth-order valence-corrected chi connectivity index (χ4v) is 6.15. The van der Waals surface area contributed by atoms with Crippen LogP contribution in [0.2, 0.25) is 0 Å². The Morgan fingerprint density at radius 2 is 1.97 bits per heavy atom. The number of hydrogen-bond acceptors (Lipinski definition) is 8. The third-order valence-corrected chi connectivity index (χ3v) is 7.81. The fourth-order valence-electron chi connectivity index (χ4n) is 4.45. The number of aromatic nitrogens is 4. The number of anilines is 1. The van der Waals surface area contributed by atoms with E-state index in [-0.39, 0.29) is 23.4 Å². The molecule has 3 heterocycles. The lowest BCUT2D eigenvalue weighted by Crippen LogP contribution is -2.17. The molecular weight excluding hydrogens is 434 g/mol. The molecular formula is C21H23N5O5S. The van der Waals surface area contributed by atoms with E-state index in [1.54, 1.807) is 36.1 Å². The number of sulfone groups is 1. The molecule has 3 aromatic rings. The maximum atomic E-state index is 13.2. The Bertz CT molecular complexity index is 1260. The number of benzene rings is 1. The van der Waals surface area contributed by atoms with Crippen LogP contribution >= 0.6 is 0 Å². The van der Waals surface area contributed by atoms with Gasteiger partial charge in [0.1, 0.15) is 5.75 Å². The zero-order valence-electron chi connectivity index (χ0n) is 17.6. The first-order valence-electron chi connectivity index (χ1n) is 10.5. The van der Waals surface area contributed by atoms with E-state index in [0.29, 0.717) is 29.1 Å². The highest BCUT2D eigenvalue weighted by Crippen LogP contribution is 2.32. The van der Waals surface area contributed by atoms with Gasteiger partial charge in [-0.3, -0.25) is 9.48 Å². The summed E-state index contributed by atoms with van der Waals surface area (Å²) in [6.45, 7) is 0. The summed E-state index contributed by atoms with van der Waals surface area (Å²) >= 11 is 0. The van der Waals surface area contributed by atoms with Gasteiger partial charge in [0, 0.05) is 16.8 Å². The lowest BCUT2D eigenvalue weighted by molar-refractivity contribution is 0.101. The molecule has 11 heteroatoms. The molecule has 1 N–H and O–H groups in total. The molecule has 1 fully saturated rings. The zero-order valence-corrected chi connectivity index (χ0v) is 18.4. The summed E-state index contributed by atoms with van der Waals surface area (Å²) in [6, 6.07) is 6.93. The predicted molar refractivity (Wildman–Crippen MR) is 115 cm³/mol. The summed E-state index contributed by atoms with van der Waals surface area (Å²) in [5.41, 5.74) is 3.28. The van der Waals surface area contributed by atoms with E-state index in [2.05, 4.69) is 20.7 Å². The molecule has 1 atom stereocenters. The molecule has 168 valence electrons. The minimum Gasteiger partial charge on any atom is -0.497 e. The average molecular weight is 458 g/mol. The number of fused-ring (bicyclic) bond motifs is 1. The van der Waals surface area contributed by atoms with Crippen LogP contribution in [-0.2, 0) is 22.7 Å². The third-order valence-electron chi connectivity index (χ3n) is 6.06. The van der Waals surface area contributed by atoms with Crippen molar-refractivity contribution in [1.82, 2.24) is 20.1 Å². The van der Waals surface area contributed by atoms with Crippen LogP contribution in [0, 0.1) is 0 Å². The monoisotopic (exact) mass is 457 g/mol. The molecule has 1 aliphatic carbocycles. The SMILES string of the molecule is COc1ccc(-c2nonc2NC(=O)c2nn([C@H]3CCS(=O)(=O)C3)c3c2CCCC3)cc1. The molecule has 1 aromatic carbocycles. The quantitative estimate of drug-likeness (QED) is 0.618. The van der Waals surface area contributed by atoms with E-state index in [9.17, 15) is 13.2 Å². The van der Waals surface area contributed by atoms with Gasteiger partial charge in [-0.25, -0.2) is 13.0 Å². The van der Waals surface area contributed by atoms with Gasteiger partial charge in [-0.05, 0) is 66.7 Å². The Balaban J connectivity index is 1.44. The first-order valence-corrected chi connectivity index (χ1v) is 12.4. The highest BCUT2D eigenvalue weighted by Gasteiger charge is 2.34. The fraction of sp³-hybridized carbons (Fsp3) is 0.429. The molecule has 2 aromatic heterocycles. The Kier molecular flexibility index (Phi) is 5.20. The number of hydrogen-bond donors (Lipinski definition) is 1. The first-order chi connectivity index (χ1) is 15.4. The van der Waals surface area contributed by atoms with Crippen LogP contribution in [0.3, 0.4) is 0 Å². The van der Waals surface area contributed by atoms with Gasteiger partial charge < -0.3 is 10.1 Å². The molecule has 0 bridgehead atoms. The highest BCUT2D eigenvalue weighted by molar-refractivity contribution is 7.91. The van der Waals surface area contributed by atoms with Crippen LogP contribution in [0.25, 0.3) is 11.3 Å². The van der Waals surface area contributed by atoms with E-state index in [4.69, 9.17) is 9.37 Å². The predicted octanol–water partition coefficient (Wildman–Crippen LogP) is 2.43. The van der Waals surface area contributed by atoms with Crippen molar-refractivity contribution in [1.29, 1.82) is 0 Å². The summed E-state index contributed by atoms with van der Waals surface area (Å²) < 4.78 is 35.8. The lowest BCUT2D eigenvalue weighted by atomic mass is 9.95. The Labute approximate surface area is 184 Å². The van der Waals surface area contributed by atoms with Crippen LogP contribution in [-0.4, -0.2) is 53.0 Å². The van der Waals surface area contributed by atoms with Crippen LogP contribution in [0.4, 0.5) is 5.82 Å². The summed E-state index contributed by atoms with van der Waals surface area (Å²) in [4.78, 5) is 13.2. The van der Waals surface area contributed by atoms with Crippen molar-refractivity contribution < 1.29 is 22.6 Å². The van der Waals surface area contributed by atoms with Gasteiger partial charge in [0.25, 0.3) is 5.91 Å². The van der Waals surface area contributed by atoms with Crippen LogP contribution in [0.1, 0.15) is 47.1 Å². The molecule has 1 aliphatic heterocycles. The number of nitrogens with one attached hydrogen (secondary N) is 1. The number of carbonyl (C=O) groups is 1. The average Bonchev–Trinajstić information content (AvgIpc) is 3.50. The summed E-state index contributed by atoms with van der Waals surface area (Å²) in [5, 5.41) is 15.1. The van der Waals surface area contributed by atoms with Gasteiger partial charge in [0.05, 0.1) is 24.7 Å². The Morgan fingerprint density at radius 3 is 2.69 bits per heavy atom. The van der Waals surface area contributed by atoms with E-state index >= 15 is 0 Å². The van der Waals surface area contributed by atoms with E-state index in [1.807, 2.05) is 0 Å². The van der Waals surface area contributed by atoms with Crippen molar-refractivity contribution in [3.05, 3.63) is 41.2 Å². The van der Waals surface area contributed by atoms with Crippen LogP contribution in [0.15, 0.2) is 28.9 Å². The molecule has 5 rings (SSSR count). The number of ether oxygens (including phenoxy) is 1. The van der Waals surface area contributed by atoms with Gasteiger partial charge in [0.15, 0.2) is 21.2 Å². The summed E-state index contributed by atoms with van der Waals surface area (Å²) in [5.74, 6) is 0.707. The molecule has 1 saturated heterocycles. The maximum Gasteiger partial charge on any atom is 0.277 e. The molecule has 0 unspecified atom stereocenters. The second kappa shape index (κ2) is 8.05. The molecule has 10 nitrogen and oxygen atoms in total. The highest BCUT2D eigenvalue weighted by atomic mass is 32.2. The van der Waals surface area contributed by atoms with Crippen LogP contribution < -0.4 is 10.1 Å². The van der Waals surface area contributed by atoms with Gasteiger partial charge in [-0.2, -0.15) is 5.10 Å². The zero-order chi connectivity index (χ0) is 22.3. The Hall–Kier alpha value is -3.21. The maximum absolute atomic E-state index is 13.2. The number of rotatable bonds is 5. The molecule has 2 aliphatic rings. The number of amides is 1. The minimum atomic E-state index is -3.06. The second-order valence-electron chi connectivity index (χ2n) is 8.13. The van der Waals surface area contributed by atoms with Crippen molar-refractivity contribution in [2.75, 3.05) is 23.9 Å². The third kappa shape index (κ3) is 3.77. The van der Waals surface area contributed by atoms with Crippen molar-refractivity contribution in [2.45, 2.75) is 38.1 Å². The molecule has 1 amide bonds. The van der Waals surface area contributed by atoms with Gasteiger partial charge in [0.2, 0.25) is 5.82 Å². The largest absolute Gasteiger partial charge is 0.497 e. The van der Waals surface area contributed by atoms with E-state index in [0.717, 1.165) is 36.9 Å². The molecule has 0 spiro atoms. The van der Waals surface area contributed by atoms with E-state index < -0.39 is 15.7 Å². The van der Waals surface area contributed by atoms with Crippen LogP contribution in [0.5, 0.6) is 5.75 Å². The van der Waals surface area contributed by atoms with Crippen molar-refractivity contribution in [2.24, 2.45) is 0 Å². The van der Waals surface area contributed by atoms with Crippen molar-refractivity contribution in [3.8, 4) is 17.0 Å². The Morgan fingerprint density at radius 1 is 1.19 bits per heavy atom. The smallest absolute Gasteiger partial charge is 0.277 e. The number of methoxy groups -OCH3 is 1. The van der Waals surface area contributed by atoms with E-state index in [1.165, 1.54) is 0 Å². The topological polar surface area (TPSA) is 129 Å². The second-order valence-corrected chi connectivity index (χ2v) is 10.4. The van der Waals surface area contributed by atoms with Crippen molar-refractivity contribution in [3.63, 3.8) is 0 Å². The molecule has 32 heavy (non-hydrogen) atoms. The standard InChI is InChI=1S/C21H23N5O5S/c1-30-15-8-6-13(7-9-15)18-20(25-31-24-18)22-21(27)19-16-4-2-3-5-17(16)26(23-19)14-10-11-32(28,29)12-14/h6-9,14H,2-5,10-12H2,1H3,(H,22,25,27)/t14-/m0/s1. The summed E-state index contributed by atoms with van der Waals surface area (Å²) in [6.07, 6.45) is 4.00. The molecule has 0 radical (unpaired) electrons. The minimum absolute atomic E-state index is 0.0665. The van der Waals surface area contributed by atoms with Gasteiger partial charge in [-0.15, -0.1) is 0 Å².